The number of carbonyl (C=O) groups is 1. The van der Waals surface area contributed by atoms with Crippen LogP contribution in [0.15, 0.2) is 18.2 Å². The fourth-order valence-corrected chi connectivity index (χ4v) is 1.53. The number of ether oxygens (including phenoxy) is 2. The first-order chi connectivity index (χ1) is 8.45. The second-order valence-corrected chi connectivity index (χ2v) is 4.73. The highest BCUT2D eigenvalue weighted by atomic mass is 16.5. The first-order valence-corrected chi connectivity index (χ1v) is 5.98. The molecule has 4 heteroatoms. The topological polar surface area (TPSA) is 47.6 Å². The molecule has 1 aromatic rings. The van der Waals surface area contributed by atoms with Crippen LogP contribution in [0.25, 0.3) is 0 Å². The fraction of sp³-hybridized carbons (Fsp3) is 0.500. The standard InChI is InChI=1S/C14H21NO3/c1-6-14(2,3)15-13(16)10-8-7-9-11(17-4)12(10)18-5/h7-9H,6H2,1-5H3,(H,15,16). The van der Waals surface area contributed by atoms with Gasteiger partial charge in [0.2, 0.25) is 0 Å². The second-order valence-electron chi connectivity index (χ2n) is 4.73. The van der Waals surface area contributed by atoms with Crippen molar-refractivity contribution in [3.05, 3.63) is 23.8 Å². The van der Waals surface area contributed by atoms with Gasteiger partial charge in [-0.3, -0.25) is 4.79 Å². The summed E-state index contributed by atoms with van der Waals surface area (Å²) in [5, 5.41) is 2.97. The van der Waals surface area contributed by atoms with Gasteiger partial charge in [0, 0.05) is 5.54 Å². The zero-order chi connectivity index (χ0) is 13.8. The number of para-hydroxylation sites is 1. The average Bonchev–Trinajstić information content (AvgIpc) is 2.37. The molecule has 0 aromatic heterocycles. The maximum Gasteiger partial charge on any atom is 0.255 e. The van der Waals surface area contributed by atoms with Crippen molar-refractivity contribution in [3.8, 4) is 11.5 Å². The van der Waals surface area contributed by atoms with E-state index >= 15 is 0 Å². The van der Waals surface area contributed by atoms with Crippen LogP contribution < -0.4 is 14.8 Å². The molecular weight excluding hydrogens is 230 g/mol. The molecule has 0 saturated carbocycles. The van der Waals surface area contributed by atoms with Gasteiger partial charge in [0.1, 0.15) is 0 Å². The van der Waals surface area contributed by atoms with Crippen LogP contribution in [0.2, 0.25) is 0 Å². The lowest BCUT2D eigenvalue weighted by Crippen LogP contribution is -2.42. The monoisotopic (exact) mass is 251 g/mol. The number of nitrogens with one attached hydrogen (secondary N) is 1. The molecular formula is C14H21NO3. The van der Waals surface area contributed by atoms with Gasteiger partial charge in [0.25, 0.3) is 5.91 Å². The van der Waals surface area contributed by atoms with Gasteiger partial charge in [-0.2, -0.15) is 0 Å². The highest BCUT2D eigenvalue weighted by Crippen LogP contribution is 2.30. The van der Waals surface area contributed by atoms with Gasteiger partial charge in [0.15, 0.2) is 11.5 Å². The van der Waals surface area contributed by atoms with E-state index in [0.29, 0.717) is 17.1 Å². The van der Waals surface area contributed by atoms with Crippen molar-refractivity contribution in [1.29, 1.82) is 0 Å². The third kappa shape index (κ3) is 3.15. The van der Waals surface area contributed by atoms with Crippen LogP contribution in [-0.4, -0.2) is 25.7 Å². The Morgan fingerprint density at radius 3 is 2.44 bits per heavy atom. The number of methoxy groups -OCH3 is 2. The minimum Gasteiger partial charge on any atom is -0.493 e. The van der Waals surface area contributed by atoms with Gasteiger partial charge >= 0.3 is 0 Å². The zero-order valence-corrected chi connectivity index (χ0v) is 11.7. The first kappa shape index (κ1) is 14.4. The molecule has 0 heterocycles. The third-order valence-electron chi connectivity index (χ3n) is 2.98. The Morgan fingerprint density at radius 2 is 1.94 bits per heavy atom. The predicted molar refractivity (Wildman–Crippen MR) is 71.4 cm³/mol. The lowest BCUT2D eigenvalue weighted by Gasteiger charge is -2.25. The molecule has 0 aliphatic carbocycles. The summed E-state index contributed by atoms with van der Waals surface area (Å²) in [6, 6.07) is 5.26. The van der Waals surface area contributed by atoms with Crippen LogP contribution in [0.1, 0.15) is 37.6 Å². The molecule has 0 radical (unpaired) electrons. The summed E-state index contributed by atoms with van der Waals surface area (Å²) in [4.78, 5) is 12.2. The zero-order valence-electron chi connectivity index (χ0n) is 11.7. The molecule has 1 amide bonds. The van der Waals surface area contributed by atoms with E-state index in [4.69, 9.17) is 9.47 Å². The lowest BCUT2D eigenvalue weighted by atomic mass is 10.0. The van der Waals surface area contributed by atoms with E-state index in [1.165, 1.54) is 7.11 Å². The molecule has 1 rings (SSSR count). The van der Waals surface area contributed by atoms with E-state index in [-0.39, 0.29) is 11.4 Å². The van der Waals surface area contributed by atoms with Crippen LogP contribution >= 0.6 is 0 Å². The van der Waals surface area contributed by atoms with Crippen molar-refractivity contribution < 1.29 is 14.3 Å². The SMILES string of the molecule is CCC(C)(C)NC(=O)c1cccc(OC)c1OC. The Bertz CT molecular complexity index is 427. The molecule has 0 bridgehead atoms. The average molecular weight is 251 g/mol. The summed E-state index contributed by atoms with van der Waals surface area (Å²) in [6.07, 6.45) is 0.852. The number of benzene rings is 1. The highest BCUT2D eigenvalue weighted by Gasteiger charge is 2.22. The van der Waals surface area contributed by atoms with E-state index in [9.17, 15) is 4.79 Å². The summed E-state index contributed by atoms with van der Waals surface area (Å²) < 4.78 is 10.4. The van der Waals surface area contributed by atoms with Crippen molar-refractivity contribution in [2.45, 2.75) is 32.7 Å². The number of hydrogen-bond acceptors (Lipinski definition) is 3. The summed E-state index contributed by atoms with van der Waals surface area (Å²) >= 11 is 0. The van der Waals surface area contributed by atoms with E-state index in [2.05, 4.69) is 5.32 Å². The largest absolute Gasteiger partial charge is 0.493 e. The Morgan fingerprint density at radius 1 is 1.28 bits per heavy atom. The molecule has 0 unspecified atom stereocenters. The van der Waals surface area contributed by atoms with Crippen molar-refractivity contribution in [1.82, 2.24) is 5.32 Å². The Hall–Kier alpha value is -1.71. The van der Waals surface area contributed by atoms with E-state index in [1.807, 2.05) is 20.8 Å². The molecule has 4 nitrogen and oxygen atoms in total. The maximum atomic E-state index is 12.2. The number of amides is 1. The van der Waals surface area contributed by atoms with Gasteiger partial charge in [0.05, 0.1) is 19.8 Å². The summed E-state index contributed by atoms with van der Waals surface area (Å²) in [7, 11) is 3.08. The van der Waals surface area contributed by atoms with E-state index in [0.717, 1.165) is 6.42 Å². The number of hydrogen-bond donors (Lipinski definition) is 1. The van der Waals surface area contributed by atoms with Crippen molar-refractivity contribution in [2.75, 3.05) is 14.2 Å². The normalized spacial score (nSPS) is 10.9. The smallest absolute Gasteiger partial charge is 0.255 e. The first-order valence-electron chi connectivity index (χ1n) is 5.98. The Balaban J connectivity index is 3.06. The van der Waals surface area contributed by atoms with E-state index in [1.54, 1.807) is 25.3 Å². The third-order valence-corrected chi connectivity index (χ3v) is 2.98. The molecule has 1 N–H and O–H groups in total. The van der Waals surface area contributed by atoms with Gasteiger partial charge < -0.3 is 14.8 Å². The molecule has 1 aromatic carbocycles. The number of carbonyl (C=O) groups excluding carboxylic acids is 1. The van der Waals surface area contributed by atoms with Crippen molar-refractivity contribution in [3.63, 3.8) is 0 Å². The number of rotatable bonds is 5. The van der Waals surface area contributed by atoms with Crippen LogP contribution in [0.5, 0.6) is 11.5 Å². The van der Waals surface area contributed by atoms with Crippen LogP contribution in [0, 0.1) is 0 Å². The van der Waals surface area contributed by atoms with E-state index < -0.39 is 0 Å². The predicted octanol–water partition coefficient (Wildman–Crippen LogP) is 2.62. The summed E-state index contributed by atoms with van der Waals surface area (Å²) in [5.74, 6) is 0.862. The molecule has 18 heavy (non-hydrogen) atoms. The molecule has 0 saturated heterocycles. The molecule has 0 aliphatic heterocycles. The minimum absolute atomic E-state index is 0.155. The Kier molecular flexibility index (Phi) is 4.59. The molecule has 0 spiro atoms. The summed E-state index contributed by atoms with van der Waals surface area (Å²) in [6.45, 7) is 6.00. The van der Waals surface area contributed by atoms with Crippen LogP contribution in [0.4, 0.5) is 0 Å². The lowest BCUT2D eigenvalue weighted by molar-refractivity contribution is 0.0907. The van der Waals surface area contributed by atoms with Crippen molar-refractivity contribution in [2.24, 2.45) is 0 Å². The molecule has 0 atom stereocenters. The van der Waals surface area contributed by atoms with Crippen LogP contribution in [0.3, 0.4) is 0 Å². The van der Waals surface area contributed by atoms with Gasteiger partial charge in [-0.15, -0.1) is 0 Å². The van der Waals surface area contributed by atoms with Gasteiger partial charge in [-0.25, -0.2) is 0 Å². The minimum atomic E-state index is -0.245. The fourth-order valence-electron chi connectivity index (χ4n) is 1.53. The highest BCUT2D eigenvalue weighted by molar-refractivity contribution is 5.98. The van der Waals surface area contributed by atoms with Gasteiger partial charge in [-0.1, -0.05) is 13.0 Å². The van der Waals surface area contributed by atoms with Crippen molar-refractivity contribution >= 4 is 5.91 Å². The maximum absolute atomic E-state index is 12.2. The second kappa shape index (κ2) is 5.76. The molecule has 100 valence electrons. The molecule has 0 aliphatic rings. The van der Waals surface area contributed by atoms with Crippen LogP contribution in [-0.2, 0) is 0 Å². The Labute approximate surface area is 108 Å². The summed E-state index contributed by atoms with van der Waals surface area (Å²) in [5.41, 5.74) is 0.240. The molecule has 0 fully saturated rings. The van der Waals surface area contributed by atoms with Gasteiger partial charge in [-0.05, 0) is 32.4 Å². The quantitative estimate of drug-likeness (QED) is 0.875.